The third-order valence-electron chi connectivity index (χ3n) is 3.03. The minimum Gasteiger partial charge on any atom is -0.391 e. The maximum atomic E-state index is 9.36. The molecule has 2 rings (SSSR count). The van der Waals surface area contributed by atoms with Crippen LogP contribution in [-0.4, -0.2) is 29.7 Å². The maximum Gasteiger partial charge on any atom is 0.169 e. The molecule has 2 aliphatic rings. The molecular formula is C10H18O3. The fourth-order valence-corrected chi connectivity index (χ4v) is 2.17. The molecule has 0 amide bonds. The molecule has 0 bridgehead atoms. The molecule has 0 aromatic carbocycles. The first-order valence-electron chi connectivity index (χ1n) is 5.22. The normalized spacial score (nSPS) is 35.1. The van der Waals surface area contributed by atoms with E-state index in [-0.39, 0.29) is 11.9 Å². The molecule has 1 aliphatic heterocycles. The Morgan fingerprint density at radius 2 is 2.00 bits per heavy atom. The minimum atomic E-state index is -0.415. The largest absolute Gasteiger partial charge is 0.391 e. The summed E-state index contributed by atoms with van der Waals surface area (Å²) in [5.74, 6) is -0.333. The number of aliphatic hydroxyl groups is 1. The zero-order valence-electron chi connectivity index (χ0n) is 8.16. The van der Waals surface area contributed by atoms with E-state index >= 15 is 0 Å². The first-order chi connectivity index (χ1) is 6.22. The lowest BCUT2D eigenvalue weighted by atomic mass is 9.94. The van der Waals surface area contributed by atoms with E-state index in [2.05, 4.69) is 0 Å². The van der Waals surface area contributed by atoms with Crippen molar-refractivity contribution in [3.8, 4) is 0 Å². The molecule has 0 aromatic rings. The van der Waals surface area contributed by atoms with E-state index in [0.717, 1.165) is 12.8 Å². The van der Waals surface area contributed by atoms with Crippen molar-refractivity contribution in [2.75, 3.05) is 6.61 Å². The van der Waals surface area contributed by atoms with E-state index in [1.807, 2.05) is 0 Å². The molecule has 1 unspecified atom stereocenters. The fraction of sp³-hybridized carbons (Fsp3) is 1.00. The van der Waals surface area contributed by atoms with Crippen LogP contribution in [-0.2, 0) is 9.47 Å². The van der Waals surface area contributed by atoms with Crippen LogP contribution in [0.3, 0.4) is 0 Å². The molecule has 1 saturated carbocycles. The first-order valence-corrected chi connectivity index (χ1v) is 5.22. The molecule has 1 aliphatic carbocycles. The molecule has 2 atom stereocenters. The van der Waals surface area contributed by atoms with E-state index in [9.17, 15) is 5.11 Å². The maximum absolute atomic E-state index is 9.36. The van der Waals surface area contributed by atoms with Gasteiger partial charge >= 0.3 is 0 Å². The quantitative estimate of drug-likeness (QED) is 0.673. The van der Waals surface area contributed by atoms with Crippen LogP contribution in [0, 0.1) is 0 Å². The van der Waals surface area contributed by atoms with Gasteiger partial charge in [0.25, 0.3) is 0 Å². The van der Waals surface area contributed by atoms with Gasteiger partial charge in [-0.05, 0) is 19.8 Å². The van der Waals surface area contributed by atoms with Crippen molar-refractivity contribution < 1.29 is 14.6 Å². The van der Waals surface area contributed by atoms with E-state index in [0.29, 0.717) is 6.61 Å². The summed E-state index contributed by atoms with van der Waals surface area (Å²) in [6.07, 6.45) is 5.12. The Labute approximate surface area is 79.0 Å². The Balaban J connectivity index is 1.94. The zero-order valence-corrected chi connectivity index (χ0v) is 8.16. The lowest BCUT2D eigenvalue weighted by Gasteiger charge is -2.32. The highest BCUT2D eigenvalue weighted by Gasteiger charge is 2.43. The van der Waals surface area contributed by atoms with E-state index < -0.39 is 6.10 Å². The summed E-state index contributed by atoms with van der Waals surface area (Å²) in [5.41, 5.74) is 0. The van der Waals surface area contributed by atoms with Gasteiger partial charge in [0.2, 0.25) is 0 Å². The van der Waals surface area contributed by atoms with Crippen LogP contribution >= 0.6 is 0 Å². The van der Waals surface area contributed by atoms with Gasteiger partial charge in [0.05, 0.1) is 12.7 Å². The SMILES string of the molecule is CC(O)[C@H]1COC2(CCCCC2)O1. The monoisotopic (exact) mass is 186 g/mol. The second-order valence-corrected chi connectivity index (χ2v) is 4.18. The van der Waals surface area contributed by atoms with Gasteiger partial charge in [-0.15, -0.1) is 0 Å². The lowest BCUT2D eigenvalue weighted by Crippen LogP contribution is -2.35. The van der Waals surface area contributed by atoms with E-state index in [4.69, 9.17) is 9.47 Å². The zero-order chi connectivity index (χ0) is 9.31. The van der Waals surface area contributed by atoms with Crippen LogP contribution in [0.1, 0.15) is 39.0 Å². The second-order valence-electron chi connectivity index (χ2n) is 4.18. The number of hydrogen-bond donors (Lipinski definition) is 1. The molecule has 0 aromatic heterocycles. The summed E-state index contributed by atoms with van der Waals surface area (Å²) in [6.45, 7) is 2.31. The van der Waals surface area contributed by atoms with Crippen molar-refractivity contribution in [2.45, 2.75) is 57.0 Å². The molecule has 3 heteroatoms. The van der Waals surface area contributed by atoms with Crippen LogP contribution in [0.4, 0.5) is 0 Å². The highest BCUT2D eigenvalue weighted by atomic mass is 16.7. The van der Waals surface area contributed by atoms with Gasteiger partial charge < -0.3 is 14.6 Å². The Morgan fingerprint density at radius 3 is 2.54 bits per heavy atom. The number of rotatable bonds is 1. The second kappa shape index (κ2) is 3.56. The smallest absolute Gasteiger partial charge is 0.169 e. The molecule has 1 saturated heterocycles. The summed E-state index contributed by atoms with van der Waals surface area (Å²) in [5, 5.41) is 9.36. The highest BCUT2D eigenvalue weighted by Crippen LogP contribution is 2.38. The molecule has 2 fully saturated rings. The van der Waals surface area contributed by atoms with Crippen molar-refractivity contribution in [3.05, 3.63) is 0 Å². The van der Waals surface area contributed by atoms with E-state index in [1.165, 1.54) is 19.3 Å². The summed E-state index contributed by atoms with van der Waals surface area (Å²) < 4.78 is 11.5. The van der Waals surface area contributed by atoms with Crippen LogP contribution < -0.4 is 0 Å². The van der Waals surface area contributed by atoms with Crippen molar-refractivity contribution in [2.24, 2.45) is 0 Å². The highest BCUT2D eigenvalue weighted by molar-refractivity contribution is 4.83. The predicted octanol–water partition coefficient (Wildman–Crippen LogP) is 1.44. The first kappa shape index (κ1) is 9.44. The molecule has 3 nitrogen and oxygen atoms in total. The summed E-state index contributed by atoms with van der Waals surface area (Å²) >= 11 is 0. The van der Waals surface area contributed by atoms with Crippen molar-refractivity contribution >= 4 is 0 Å². The molecule has 0 radical (unpaired) electrons. The van der Waals surface area contributed by atoms with Gasteiger partial charge in [0.15, 0.2) is 5.79 Å². The summed E-state index contributed by atoms with van der Waals surface area (Å²) in [7, 11) is 0. The van der Waals surface area contributed by atoms with Gasteiger partial charge in [-0.1, -0.05) is 6.42 Å². The number of ether oxygens (including phenoxy) is 2. The Hall–Kier alpha value is -0.120. The Morgan fingerprint density at radius 1 is 1.31 bits per heavy atom. The predicted molar refractivity (Wildman–Crippen MR) is 48.3 cm³/mol. The fourth-order valence-electron chi connectivity index (χ4n) is 2.17. The molecule has 76 valence electrons. The van der Waals surface area contributed by atoms with Crippen molar-refractivity contribution in [3.63, 3.8) is 0 Å². The third kappa shape index (κ3) is 1.87. The lowest BCUT2D eigenvalue weighted by molar-refractivity contribution is -0.194. The third-order valence-corrected chi connectivity index (χ3v) is 3.03. The number of hydrogen-bond acceptors (Lipinski definition) is 3. The van der Waals surface area contributed by atoms with Crippen molar-refractivity contribution in [1.82, 2.24) is 0 Å². The van der Waals surface area contributed by atoms with Crippen molar-refractivity contribution in [1.29, 1.82) is 0 Å². The van der Waals surface area contributed by atoms with Gasteiger partial charge in [0.1, 0.15) is 6.10 Å². The van der Waals surface area contributed by atoms with Crippen LogP contribution in [0.5, 0.6) is 0 Å². The standard InChI is InChI=1S/C10H18O3/c1-8(11)9-7-12-10(13-9)5-3-2-4-6-10/h8-9,11H,2-7H2,1H3/t8?,9-/m1/s1. The van der Waals surface area contributed by atoms with Gasteiger partial charge in [0, 0.05) is 12.8 Å². The minimum absolute atomic E-state index is 0.113. The van der Waals surface area contributed by atoms with E-state index in [1.54, 1.807) is 6.92 Å². The molecule has 13 heavy (non-hydrogen) atoms. The Kier molecular flexibility index (Phi) is 2.58. The van der Waals surface area contributed by atoms with Crippen LogP contribution in [0.25, 0.3) is 0 Å². The number of aliphatic hydroxyl groups excluding tert-OH is 1. The summed E-state index contributed by atoms with van der Waals surface area (Å²) in [6, 6.07) is 0. The van der Waals surface area contributed by atoms with Gasteiger partial charge in [-0.3, -0.25) is 0 Å². The topological polar surface area (TPSA) is 38.7 Å². The van der Waals surface area contributed by atoms with Crippen LogP contribution in [0.2, 0.25) is 0 Å². The summed E-state index contributed by atoms with van der Waals surface area (Å²) in [4.78, 5) is 0. The van der Waals surface area contributed by atoms with Crippen LogP contribution in [0.15, 0.2) is 0 Å². The van der Waals surface area contributed by atoms with Gasteiger partial charge in [-0.25, -0.2) is 0 Å². The Bertz CT molecular complexity index is 173. The molecule has 1 heterocycles. The molecule has 1 N–H and O–H groups in total. The average molecular weight is 186 g/mol. The van der Waals surface area contributed by atoms with Gasteiger partial charge in [-0.2, -0.15) is 0 Å². The average Bonchev–Trinajstić information content (AvgIpc) is 2.51. The molecular weight excluding hydrogens is 168 g/mol. The molecule has 1 spiro atoms.